The molecule has 132 valence electrons. The Morgan fingerprint density at radius 3 is 2.79 bits per heavy atom. The zero-order valence-corrected chi connectivity index (χ0v) is 13.3. The van der Waals surface area contributed by atoms with Crippen molar-refractivity contribution in [2.45, 2.75) is 38.7 Å². The molecule has 2 rings (SSSR count). The summed E-state index contributed by atoms with van der Waals surface area (Å²) in [5.41, 5.74) is 0.426. The Kier molecular flexibility index (Phi) is 6.52. The second-order valence-corrected chi connectivity index (χ2v) is 5.94. The normalized spacial score (nSPS) is 17.8. The predicted octanol–water partition coefficient (Wildman–Crippen LogP) is 2.93. The van der Waals surface area contributed by atoms with E-state index in [9.17, 15) is 18.4 Å². The number of piperidine rings is 1. The maximum absolute atomic E-state index is 12.5. The second-order valence-electron chi connectivity index (χ2n) is 5.94. The molecule has 1 aliphatic heterocycles. The summed E-state index contributed by atoms with van der Waals surface area (Å²) in [6.45, 7) is -1.80. The Balaban J connectivity index is 1.95. The minimum absolute atomic E-state index is 0.00541. The SMILES string of the molecule is O=C(O)CCC1CCCN(C(=O)Cc2ccccc2OC(F)F)C1. The Labute approximate surface area is 139 Å². The van der Waals surface area contributed by atoms with Gasteiger partial charge >= 0.3 is 12.6 Å². The number of benzene rings is 1. The first-order valence-corrected chi connectivity index (χ1v) is 7.98. The minimum Gasteiger partial charge on any atom is -0.481 e. The summed E-state index contributed by atoms with van der Waals surface area (Å²) in [5.74, 6) is -0.802. The van der Waals surface area contributed by atoms with E-state index in [-0.39, 0.29) is 30.4 Å². The summed E-state index contributed by atoms with van der Waals surface area (Å²) in [4.78, 5) is 24.8. The Bertz CT molecular complexity index is 579. The Morgan fingerprint density at radius 2 is 2.08 bits per heavy atom. The van der Waals surface area contributed by atoms with Crippen molar-refractivity contribution in [1.82, 2.24) is 4.90 Å². The number of nitrogens with zero attached hydrogens (tertiary/aromatic N) is 1. The summed E-state index contributed by atoms with van der Waals surface area (Å²) in [6.07, 6.45) is 2.36. The molecule has 0 radical (unpaired) electrons. The van der Waals surface area contributed by atoms with Crippen molar-refractivity contribution in [3.05, 3.63) is 29.8 Å². The van der Waals surface area contributed by atoms with E-state index in [4.69, 9.17) is 5.11 Å². The van der Waals surface area contributed by atoms with Crippen LogP contribution in [0.3, 0.4) is 0 Å². The summed E-state index contributed by atoms with van der Waals surface area (Å²) in [5, 5.41) is 8.76. The molecule has 1 saturated heterocycles. The van der Waals surface area contributed by atoms with Crippen LogP contribution in [0.25, 0.3) is 0 Å². The van der Waals surface area contributed by atoms with Gasteiger partial charge in [-0.25, -0.2) is 0 Å². The van der Waals surface area contributed by atoms with Gasteiger partial charge in [0.2, 0.25) is 5.91 Å². The van der Waals surface area contributed by atoms with Gasteiger partial charge in [-0.15, -0.1) is 0 Å². The molecule has 24 heavy (non-hydrogen) atoms. The average Bonchev–Trinajstić information content (AvgIpc) is 2.54. The second kappa shape index (κ2) is 8.61. The molecule has 1 aromatic carbocycles. The highest BCUT2D eigenvalue weighted by Gasteiger charge is 2.25. The van der Waals surface area contributed by atoms with Gasteiger partial charge in [0.1, 0.15) is 5.75 Å². The Hall–Kier alpha value is -2.18. The number of hydrogen-bond acceptors (Lipinski definition) is 3. The highest BCUT2D eigenvalue weighted by molar-refractivity contribution is 5.79. The maximum Gasteiger partial charge on any atom is 0.387 e. The third-order valence-electron chi connectivity index (χ3n) is 4.17. The van der Waals surface area contributed by atoms with Crippen LogP contribution in [0.5, 0.6) is 5.75 Å². The molecule has 0 aliphatic carbocycles. The zero-order valence-electron chi connectivity index (χ0n) is 13.3. The molecule has 0 spiro atoms. The molecule has 1 unspecified atom stereocenters. The molecule has 1 atom stereocenters. The fourth-order valence-electron chi connectivity index (χ4n) is 2.99. The topological polar surface area (TPSA) is 66.8 Å². The smallest absolute Gasteiger partial charge is 0.387 e. The van der Waals surface area contributed by atoms with Crippen LogP contribution >= 0.6 is 0 Å². The summed E-state index contributed by atoms with van der Waals surface area (Å²) in [7, 11) is 0. The van der Waals surface area contributed by atoms with Crippen LogP contribution < -0.4 is 4.74 Å². The fourth-order valence-corrected chi connectivity index (χ4v) is 2.99. The third kappa shape index (κ3) is 5.47. The summed E-state index contributed by atoms with van der Waals surface area (Å²) >= 11 is 0. The van der Waals surface area contributed by atoms with Gasteiger partial charge in [-0.05, 0) is 31.2 Å². The van der Waals surface area contributed by atoms with Crippen molar-refractivity contribution in [1.29, 1.82) is 0 Å². The first-order valence-electron chi connectivity index (χ1n) is 7.98. The number of alkyl halides is 2. The fraction of sp³-hybridized carbons (Fsp3) is 0.529. The van der Waals surface area contributed by atoms with E-state index in [1.54, 1.807) is 23.1 Å². The zero-order chi connectivity index (χ0) is 17.5. The molecule has 1 aromatic rings. The lowest BCUT2D eigenvalue weighted by Crippen LogP contribution is -2.40. The maximum atomic E-state index is 12.5. The van der Waals surface area contributed by atoms with Gasteiger partial charge < -0.3 is 14.7 Å². The number of carboxylic acid groups (broad SMARTS) is 1. The molecule has 1 fully saturated rings. The molecule has 1 heterocycles. The predicted molar refractivity (Wildman–Crippen MR) is 83.0 cm³/mol. The molecule has 7 heteroatoms. The van der Waals surface area contributed by atoms with Crippen molar-refractivity contribution < 1.29 is 28.2 Å². The molecule has 0 aromatic heterocycles. The number of carboxylic acids is 1. The van der Waals surface area contributed by atoms with E-state index in [1.807, 2.05) is 0 Å². The number of rotatable bonds is 7. The number of likely N-dealkylation sites (tertiary alicyclic amines) is 1. The highest BCUT2D eigenvalue weighted by Crippen LogP contribution is 2.24. The number of carbonyl (C=O) groups is 2. The van der Waals surface area contributed by atoms with Crippen LogP contribution in [0.2, 0.25) is 0 Å². The van der Waals surface area contributed by atoms with Gasteiger partial charge in [-0.2, -0.15) is 8.78 Å². The van der Waals surface area contributed by atoms with E-state index in [1.165, 1.54) is 6.07 Å². The van der Waals surface area contributed by atoms with Crippen LogP contribution in [0.4, 0.5) is 8.78 Å². The van der Waals surface area contributed by atoms with E-state index >= 15 is 0 Å². The first kappa shape index (κ1) is 18.2. The standard InChI is InChI=1S/C17H21F2NO4/c18-17(19)24-14-6-2-1-5-13(14)10-15(21)20-9-3-4-12(11-20)7-8-16(22)23/h1-2,5-6,12,17H,3-4,7-11H2,(H,22,23). The van der Waals surface area contributed by atoms with E-state index < -0.39 is 12.6 Å². The van der Waals surface area contributed by atoms with Crippen LogP contribution in [-0.4, -0.2) is 41.6 Å². The molecule has 1 amide bonds. The van der Waals surface area contributed by atoms with E-state index in [2.05, 4.69) is 4.74 Å². The third-order valence-corrected chi connectivity index (χ3v) is 4.17. The first-order chi connectivity index (χ1) is 11.5. The lowest BCUT2D eigenvalue weighted by atomic mass is 9.93. The molecular weight excluding hydrogens is 320 g/mol. The molecule has 1 N–H and O–H groups in total. The monoisotopic (exact) mass is 341 g/mol. The van der Waals surface area contributed by atoms with E-state index in [0.717, 1.165) is 12.8 Å². The van der Waals surface area contributed by atoms with Crippen molar-refractivity contribution in [3.63, 3.8) is 0 Å². The quantitative estimate of drug-likeness (QED) is 0.828. The number of carbonyl (C=O) groups excluding carboxylic acids is 1. The van der Waals surface area contributed by atoms with Crippen molar-refractivity contribution >= 4 is 11.9 Å². The number of aliphatic carboxylic acids is 1. The van der Waals surface area contributed by atoms with Gasteiger partial charge in [-0.3, -0.25) is 9.59 Å². The van der Waals surface area contributed by atoms with Crippen molar-refractivity contribution in [2.24, 2.45) is 5.92 Å². The van der Waals surface area contributed by atoms with Gasteiger partial charge in [-0.1, -0.05) is 18.2 Å². The van der Waals surface area contributed by atoms with Gasteiger partial charge in [0.05, 0.1) is 6.42 Å². The molecular formula is C17H21F2NO4. The largest absolute Gasteiger partial charge is 0.481 e. The van der Waals surface area contributed by atoms with Crippen LogP contribution in [0.1, 0.15) is 31.2 Å². The Morgan fingerprint density at radius 1 is 1.33 bits per heavy atom. The number of ether oxygens (including phenoxy) is 1. The summed E-state index contributed by atoms with van der Waals surface area (Å²) < 4.78 is 29.3. The van der Waals surface area contributed by atoms with Gasteiger partial charge in [0, 0.05) is 25.1 Å². The lowest BCUT2D eigenvalue weighted by Gasteiger charge is -2.33. The van der Waals surface area contributed by atoms with Crippen molar-refractivity contribution in [3.8, 4) is 5.75 Å². The minimum atomic E-state index is -2.93. The lowest BCUT2D eigenvalue weighted by molar-refractivity contribution is -0.137. The molecule has 1 aliphatic rings. The van der Waals surface area contributed by atoms with Crippen LogP contribution in [-0.2, 0) is 16.0 Å². The van der Waals surface area contributed by atoms with Crippen LogP contribution in [0, 0.1) is 5.92 Å². The summed E-state index contributed by atoms with van der Waals surface area (Å²) in [6, 6.07) is 6.27. The van der Waals surface area contributed by atoms with Gasteiger partial charge in [0.15, 0.2) is 0 Å². The number of para-hydroxylation sites is 1. The van der Waals surface area contributed by atoms with Crippen LogP contribution in [0.15, 0.2) is 24.3 Å². The van der Waals surface area contributed by atoms with E-state index in [0.29, 0.717) is 25.1 Å². The highest BCUT2D eigenvalue weighted by atomic mass is 19.3. The molecule has 5 nitrogen and oxygen atoms in total. The number of hydrogen-bond donors (Lipinski definition) is 1. The average molecular weight is 341 g/mol. The number of amides is 1. The molecule has 0 saturated carbocycles. The molecule has 0 bridgehead atoms. The number of halogens is 2. The van der Waals surface area contributed by atoms with Crippen molar-refractivity contribution in [2.75, 3.05) is 13.1 Å². The van der Waals surface area contributed by atoms with Gasteiger partial charge in [0.25, 0.3) is 0 Å².